The molecule has 1 unspecified atom stereocenters. The van der Waals surface area contributed by atoms with Gasteiger partial charge in [0.25, 0.3) is 0 Å². The number of ether oxygens (including phenoxy) is 1. The van der Waals surface area contributed by atoms with Crippen molar-refractivity contribution in [2.75, 3.05) is 24.6 Å². The summed E-state index contributed by atoms with van der Waals surface area (Å²) in [4.78, 5) is 33.0. The normalized spacial score (nSPS) is 20.5. The maximum absolute atomic E-state index is 13.1. The highest BCUT2D eigenvalue weighted by molar-refractivity contribution is 7.89. The van der Waals surface area contributed by atoms with Crippen molar-refractivity contribution in [3.05, 3.63) is 42.7 Å². The van der Waals surface area contributed by atoms with Crippen molar-refractivity contribution in [1.82, 2.24) is 14.3 Å². The number of hydrogen-bond donors (Lipinski definition) is 0. The zero-order valence-corrected chi connectivity index (χ0v) is 17.1. The van der Waals surface area contributed by atoms with Gasteiger partial charge in [-0.05, 0) is 43.2 Å². The van der Waals surface area contributed by atoms with E-state index in [0.717, 1.165) is 17.7 Å². The number of carbonyl (C=O) groups is 2. The highest BCUT2D eigenvalue weighted by Gasteiger charge is 2.33. The summed E-state index contributed by atoms with van der Waals surface area (Å²) in [6.45, 7) is 1.12. The molecular weight excluding hydrogens is 408 g/mol. The van der Waals surface area contributed by atoms with Crippen molar-refractivity contribution in [3.63, 3.8) is 0 Å². The fraction of sp³-hybridized carbons (Fsp3) is 0.400. The van der Waals surface area contributed by atoms with Crippen molar-refractivity contribution in [1.29, 1.82) is 0 Å². The number of nitrogens with zero attached hydrogens (tertiary/aromatic N) is 4. The third kappa shape index (κ3) is 4.19. The van der Waals surface area contributed by atoms with Gasteiger partial charge in [0, 0.05) is 44.2 Å². The number of aromatic nitrogens is 2. The second-order valence-corrected chi connectivity index (χ2v) is 9.27. The van der Waals surface area contributed by atoms with E-state index in [1.807, 2.05) is 0 Å². The van der Waals surface area contributed by atoms with Crippen molar-refractivity contribution < 1.29 is 22.7 Å². The zero-order chi connectivity index (χ0) is 21.1. The van der Waals surface area contributed by atoms with E-state index >= 15 is 0 Å². The molecule has 2 saturated heterocycles. The average molecular weight is 430 g/mol. The summed E-state index contributed by atoms with van der Waals surface area (Å²) in [7, 11) is -3.69. The van der Waals surface area contributed by atoms with E-state index in [1.54, 1.807) is 18.5 Å². The lowest BCUT2D eigenvalue weighted by Gasteiger charge is -2.31. The summed E-state index contributed by atoms with van der Waals surface area (Å²) < 4.78 is 33.2. The molecule has 2 amide bonds. The van der Waals surface area contributed by atoms with E-state index in [-0.39, 0.29) is 41.5 Å². The third-order valence-corrected chi connectivity index (χ3v) is 7.14. The minimum atomic E-state index is -3.69. The van der Waals surface area contributed by atoms with Crippen LogP contribution in [0.2, 0.25) is 0 Å². The molecule has 9 nitrogen and oxygen atoms in total. The molecule has 2 fully saturated rings. The Labute approximate surface area is 174 Å². The Morgan fingerprint density at radius 1 is 1.03 bits per heavy atom. The molecule has 30 heavy (non-hydrogen) atoms. The van der Waals surface area contributed by atoms with Crippen molar-refractivity contribution in [2.45, 2.75) is 30.6 Å². The number of sulfonamides is 1. The van der Waals surface area contributed by atoms with Crippen LogP contribution in [0.1, 0.15) is 25.7 Å². The molecule has 0 spiro atoms. The number of benzene rings is 1. The van der Waals surface area contributed by atoms with E-state index in [0.29, 0.717) is 25.4 Å². The molecule has 0 radical (unpaired) electrons. The molecule has 158 valence electrons. The quantitative estimate of drug-likeness (QED) is 0.640. The number of piperidine rings is 1. The first-order valence-corrected chi connectivity index (χ1v) is 11.2. The van der Waals surface area contributed by atoms with E-state index in [9.17, 15) is 18.0 Å². The van der Waals surface area contributed by atoms with Crippen molar-refractivity contribution >= 4 is 27.5 Å². The third-order valence-electron chi connectivity index (χ3n) is 5.26. The van der Waals surface area contributed by atoms with Gasteiger partial charge in [0.05, 0.1) is 17.2 Å². The minimum absolute atomic E-state index is 0.0384. The lowest BCUT2D eigenvalue weighted by atomic mass is 10.0. The molecule has 1 aromatic heterocycles. The Bertz CT molecular complexity index is 1010. The Hall–Kier alpha value is -2.85. The molecule has 2 aliphatic rings. The summed E-state index contributed by atoms with van der Waals surface area (Å²) in [5.74, 6) is -0.495. The lowest BCUT2D eigenvalue weighted by molar-refractivity contribution is -0.121. The van der Waals surface area contributed by atoms with Crippen LogP contribution in [0.3, 0.4) is 0 Å². The van der Waals surface area contributed by atoms with Gasteiger partial charge in [0.15, 0.2) is 0 Å². The molecule has 0 saturated carbocycles. The van der Waals surface area contributed by atoms with Crippen LogP contribution in [-0.4, -0.2) is 54.2 Å². The number of anilines is 1. The van der Waals surface area contributed by atoms with E-state index in [1.165, 1.54) is 28.6 Å². The maximum atomic E-state index is 13.1. The topological polar surface area (TPSA) is 110 Å². The smallest absolute Gasteiger partial charge is 0.316 e. The van der Waals surface area contributed by atoms with Crippen LogP contribution in [0.5, 0.6) is 6.01 Å². The van der Waals surface area contributed by atoms with Crippen LogP contribution in [0.25, 0.3) is 0 Å². The molecule has 1 atom stereocenters. The first-order valence-electron chi connectivity index (χ1n) is 9.81. The van der Waals surface area contributed by atoms with Gasteiger partial charge in [-0.15, -0.1) is 0 Å². The van der Waals surface area contributed by atoms with Gasteiger partial charge in [-0.2, -0.15) is 4.31 Å². The standard InChI is InChI=1S/C20H22N4O5S/c25-18-8-9-19(26)24(18)16-4-6-17(7-5-16)30(27,28)23-12-1-3-15(13-23)14-29-20-21-10-2-11-22-20/h2,4-7,10-11,15H,1,3,8-9,12-14H2. The van der Waals surface area contributed by atoms with E-state index in [2.05, 4.69) is 9.97 Å². The van der Waals surface area contributed by atoms with Gasteiger partial charge in [-0.3, -0.25) is 14.5 Å². The molecule has 3 heterocycles. The maximum Gasteiger partial charge on any atom is 0.316 e. The summed E-state index contributed by atoms with van der Waals surface area (Å²) >= 11 is 0. The highest BCUT2D eigenvalue weighted by atomic mass is 32.2. The van der Waals surface area contributed by atoms with Gasteiger partial charge in [-0.1, -0.05) is 0 Å². The Morgan fingerprint density at radius 3 is 2.37 bits per heavy atom. The molecule has 0 N–H and O–H groups in total. The van der Waals surface area contributed by atoms with Crippen LogP contribution >= 0.6 is 0 Å². The van der Waals surface area contributed by atoms with Gasteiger partial charge in [0.1, 0.15) is 0 Å². The molecule has 0 bridgehead atoms. The first-order chi connectivity index (χ1) is 14.4. The van der Waals surface area contributed by atoms with Crippen LogP contribution in [0.15, 0.2) is 47.6 Å². The van der Waals surface area contributed by atoms with Crippen LogP contribution in [-0.2, 0) is 19.6 Å². The second kappa shape index (κ2) is 8.49. The van der Waals surface area contributed by atoms with Gasteiger partial charge in [-0.25, -0.2) is 18.4 Å². The molecule has 2 aromatic rings. The fourth-order valence-electron chi connectivity index (χ4n) is 3.71. The largest absolute Gasteiger partial charge is 0.463 e. The van der Waals surface area contributed by atoms with Crippen LogP contribution < -0.4 is 9.64 Å². The van der Waals surface area contributed by atoms with Crippen LogP contribution in [0, 0.1) is 5.92 Å². The minimum Gasteiger partial charge on any atom is -0.463 e. The van der Waals surface area contributed by atoms with E-state index < -0.39 is 10.0 Å². The van der Waals surface area contributed by atoms with Crippen molar-refractivity contribution in [3.8, 4) is 6.01 Å². The zero-order valence-electron chi connectivity index (χ0n) is 16.3. The average Bonchev–Trinajstić information content (AvgIpc) is 3.11. The molecular formula is C20H22N4O5S. The Balaban J connectivity index is 1.43. The summed E-state index contributed by atoms with van der Waals surface area (Å²) in [5.41, 5.74) is 0.397. The van der Waals surface area contributed by atoms with Gasteiger partial charge < -0.3 is 4.74 Å². The van der Waals surface area contributed by atoms with Crippen LogP contribution in [0.4, 0.5) is 5.69 Å². The predicted molar refractivity (Wildman–Crippen MR) is 107 cm³/mol. The molecule has 2 aliphatic heterocycles. The highest BCUT2D eigenvalue weighted by Crippen LogP contribution is 2.27. The van der Waals surface area contributed by atoms with Gasteiger partial charge >= 0.3 is 6.01 Å². The number of imide groups is 1. The Kier molecular flexibility index (Phi) is 5.78. The number of rotatable bonds is 6. The second-order valence-electron chi connectivity index (χ2n) is 7.33. The summed E-state index contributed by atoms with van der Waals surface area (Å²) in [6.07, 6.45) is 5.14. The molecule has 1 aromatic carbocycles. The molecule has 10 heteroatoms. The van der Waals surface area contributed by atoms with E-state index in [4.69, 9.17) is 4.74 Å². The SMILES string of the molecule is O=C1CCC(=O)N1c1ccc(S(=O)(=O)N2CCCC(COc3ncccn3)C2)cc1. The number of carbonyl (C=O) groups excluding carboxylic acids is 2. The predicted octanol–water partition coefficient (Wildman–Crippen LogP) is 1.61. The summed E-state index contributed by atoms with van der Waals surface area (Å²) in [6, 6.07) is 7.88. The monoisotopic (exact) mass is 430 g/mol. The number of amides is 2. The summed E-state index contributed by atoms with van der Waals surface area (Å²) in [5, 5.41) is 0. The van der Waals surface area contributed by atoms with Gasteiger partial charge in [0.2, 0.25) is 21.8 Å². The number of hydrogen-bond acceptors (Lipinski definition) is 7. The Morgan fingerprint density at radius 2 is 1.70 bits per heavy atom. The first kappa shape index (κ1) is 20.4. The lowest BCUT2D eigenvalue weighted by Crippen LogP contribution is -2.41. The molecule has 0 aliphatic carbocycles. The van der Waals surface area contributed by atoms with Crippen molar-refractivity contribution in [2.24, 2.45) is 5.92 Å². The molecule has 4 rings (SSSR count). The fourth-order valence-corrected chi connectivity index (χ4v) is 5.27.